The zero-order valence-electron chi connectivity index (χ0n) is 21.0. The average molecular weight is 539 g/mol. The summed E-state index contributed by atoms with van der Waals surface area (Å²) >= 11 is 6.76. The maximum atomic E-state index is 12.9. The highest BCUT2D eigenvalue weighted by Gasteiger charge is 2.41. The average Bonchev–Trinajstić information content (AvgIpc) is 3.31. The van der Waals surface area contributed by atoms with E-state index in [2.05, 4.69) is 4.57 Å². The van der Waals surface area contributed by atoms with Crippen molar-refractivity contribution in [2.75, 3.05) is 6.61 Å². The second kappa shape index (κ2) is 11.3. The Balaban J connectivity index is 1.51. The number of hydrogen-bond acceptors (Lipinski definition) is 6. The van der Waals surface area contributed by atoms with Gasteiger partial charge in [0.1, 0.15) is 18.4 Å². The molecule has 0 radical (unpaired) electrons. The summed E-state index contributed by atoms with van der Waals surface area (Å²) < 4.78 is 12.9. The van der Waals surface area contributed by atoms with Crippen LogP contribution in [0.5, 0.6) is 5.75 Å². The van der Waals surface area contributed by atoms with Gasteiger partial charge in [0, 0.05) is 22.1 Å². The van der Waals surface area contributed by atoms with Gasteiger partial charge in [-0.15, -0.1) is 0 Å². The molecule has 9 heteroatoms. The zero-order valence-corrected chi connectivity index (χ0v) is 22.6. The molecule has 0 unspecified atom stereocenters. The molecule has 192 valence electrons. The Morgan fingerprint density at radius 3 is 2.41 bits per heavy atom. The molecule has 1 aliphatic heterocycles. The van der Waals surface area contributed by atoms with Crippen LogP contribution < -0.4 is 4.74 Å². The van der Waals surface area contributed by atoms with Gasteiger partial charge in [-0.25, -0.2) is 4.79 Å². The van der Waals surface area contributed by atoms with Crippen LogP contribution in [0.1, 0.15) is 36.4 Å². The highest BCUT2D eigenvalue weighted by atomic mass is 35.5. The number of thioether (sulfide) groups is 1. The van der Waals surface area contributed by atoms with E-state index in [1.807, 2.05) is 68.4 Å². The van der Waals surface area contributed by atoms with Gasteiger partial charge in [0.05, 0.1) is 11.5 Å². The van der Waals surface area contributed by atoms with Crippen molar-refractivity contribution in [3.63, 3.8) is 0 Å². The molecule has 0 N–H and O–H groups in total. The molecule has 4 rings (SSSR count). The molecule has 1 fully saturated rings. The van der Waals surface area contributed by atoms with Crippen molar-refractivity contribution in [3.05, 3.63) is 87.0 Å². The Morgan fingerprint density at radius 2 is 1.76 bits per heavy atom. The largest absolute Gasteiger partial charge is 0.489 e. The molecule has 3 aromatic rings. The number of imide groups is 1. The predicted molar refractivity (Wildman–Crippen MR) is 145 cm³/mol. The number of hydrogen-bond donors (Lipinski definition) is 0. The number of benzene rings is 2. The van der Waals surface area contributed by atoms with Crippen molar-refractivity contribution in [1.82, 2.24) is 9.47 Å². The first-order valence-electron chi connectivity index (χ1n) is 11.8. The van der Waals surface area contributed by atoms with Gasteiger partial charge in [-0.3, -0.25) is 14.5 Å². The number of nitrogens with zero attached hydrogens (tertiary/aromatic N) is 2. The molecule has 7 nitrogen and oxygen atoms in total. The van der Waals surface area contributed by atoms with Crippen molar-refractivity contribution in [2.24, 2.45) is 0 Å². The molecule has 2 heterocycles. The molecule has 37 heavy (non-hydrogen) atoms. The SMILES string of the molecule is CCOC(=O)[C@H](C)N1C(=O)S/C(=C/c2cc(C)n(-c3ccc(OCc4ccc(Cl)cc4)cc3)c2C)C1=O. The number of carbonyl (C=O) groups is 3. The number of rotatable bonds is 8. The van der Waals surface area contributed by atoms with E-state index in [1.165, 1.54) is 6.92 Å². The fourth-order valence-electron chi connectivity index (χ4n) is 4.09. The second-order valence-electron chi connectivity index (χ2n) is 8.55. The van der Waals surface area contributed by atoms with E-state index in [-0.39, 0.29) is 11.5 Å². The van der Waals surface area contributed by atoms with Crippen LogP contribution in [0.25, 0.3) is 11.8 Å². The lowest BCUT2D eigenvalue weighted by Crippen LogP contribution is -2.42. The summed E-state index contributed by atoms with van der Waals surface area (Å²) in [6, 6.07) is 16.3. The minimum atomic E-state index is -0.980. The molecule has 1 aliphatic rings. The van der Waals surface area contributed by atoms with Crippen LogP contribution in [0.4, 0.5) is 4.79 Å². The minimum Gasteiger partial charge on any atom is -0.489 e. The highest BCUT2D eigenvalue weighted by Crippen LogP contribution is 2.35. The second-order valence-corrected chi connectivity index (χ2v) is 9.98. The first-order valence-corrected chi connectivity index (χ1v) is 13.0. The molecule has 0 spiro atoms. The molecule has 0 bridgehead atoms. The number of halogens is 1. The Hall–Kier alpha value is -3.49. The van der Waals surface area contributed by atoms with Crippen LogP contribution >= 0.6 is 23.4 Å². The lowest BCUT2D eigenvalue weighted by atomic mass is 10.2. The summed E-state index contributed by atoms with van der Waals surface area (Å²) in [4.78, 5) is 38.7. The maximum absolute atomic E-state index is 12.9. The van der Waals surface area contributed by atoms with Crippen molar-refractivity contribution in [1.29, 1.82) is 0 Å². The molecule has 2 aromatic carbocycles. The number of ether oxygens (including phenoxy) is 2. The van der Waals surface area contributed by atoms with Crippen LogP contribution in [-0.4, -0.2) is 39.2 Å². The first kappa shape index (κ1) is 26.6. The van der Waals surface area contributed by atoms with Crippen LogP contribution in [0.2, 0.25) is 5.02 Å². The Morgan fingerprint density at radius 1 is 1.08 bits per heavy atom. The van der Waals surface area contributed by atoms with E-state index in [4.69, 9.17) is 21.1 Å². The third kappa shape index (κ3) is 5.76. The quantitative estimate of drug-likeness (QED) is 0.247. The van der Waals surface area contributed by atoms with Gasteiger partial charge in [-0.2, -0.15) is 0 Å². The number of carbonyl (C=O) groups excluding carboxylic acids is 3. The topological polar surface area (TPSA) is 77.8 Å². The minimum absolute atomic E-state index is 0.177. The lowest BCUT2D eigenvalue weighted by molar-refractivity contribution is -0.150. The molecule has 0 aliphatic carbocycles. The van der Waals surface area contributed by atoms with Crippen molar-refractivity contribution >= 4 is 46.6 Å². The van der Waals surface area contributed by atoms with Crippen LogP contribution in [0, 0.1) is 13.8 Å². The van der Waals surface area contributed by atoms with E-state index >= 15 is 0 Å². The van der Waals surface area contributed by atoms with Gasteiger partial charge in [0.25, 0.3) is 11.1 Å². The fraction of sp³-hybridized carbons (Fsp3) is 0.250. The molecular formula is C28H27ClN2O5S. The third-order valence-corrected chi connectivity index (χ3v) is 7.14. The highest BCUT2D eigenvalue weighted by molar-refractivity contribution is 8.18. The molecule has 1 atom stereocenters. The normalized spacial score (nSPS) is 15.4. The smallest absolute Gasteiger partial charge is 0.329 e. The third-order valence-electron chi connectivity index (χ3n) is 6.01. The number of amides is 2. The Kier molecular flexibility index (Phi) is 8.10. The van der Waals surface area contributed by atoms with E-state index in [1.54, 1.807) is 13.0 Å². The van der Waals surface area contributed by atoms with Gasteiger partial charge in [-0.05, 0) is 99.1 Å². The van der Waals surface area contributed by atoms with E-state index in [0.29, 0.717) is 11.6 Å². The number of aromatic nitrogens is 1. The molecular weight excluding hydrogens is 512 g/mol. The number of esters is 1. The number of aryl methyl sites for hydroxylation is 1. The van der Waals surface area contributed by atoms with Gasteiger partial charge >= 0.3 is 5.97 Å². The summed E-state index contributed by atoms with van der Waals surface area (Å²) in [5, 5.41) is 0.200. The Labute approximate surface area is 225 Å². The maximum Gasteiger partial charge on any atom is 0.329 e. The molecule has 0 saturated carbocycles. The lowest BCUT2D eigenvalue weighted by Gasteiger charge is -2.19. The van der Waals surface area contributed by atoms with Gasteiger partial charge in [0.15, 0.2) is 0 Å². The van der Waals surface area contributed by atoms with Crippen LogP contribution in [0.15, 0.2) is 59.5 Å². The molecule has 1 aromatic heterocycles. The molecule has 1 saturated heterocycles. The molecule has 2 amide bonds. The van der Waals surface area contributed by atoms with E-state index in [0.717, 1.165) is 50.6 Å². The van der Waals surface area contributed by atoms with E-state index < -0.39 is 23.2 Å². The fourth-order valence-corrected chi connectivity index (χ4v) is 5.12. The van der Waals surface area contributed by atoms with Crippen LogP contribution in [0.3, 0.4) is 0 Å². The van der Waals surface area contributed by atoms with Crippen molar-refractivity contribution < 1.29 is 23.9 Å². The Bertz CT molecular complexity index is 1360. The van der Waals surface area contributed by atoms with Crippen LogP contribution in [-0.2, 0) is 20.9 Å². The van der Waals surface area contributed by atoms with Crippen molar-refractivity contribution in [2.45, 2.75) is 40.3 Å². The van der Waals surface area contributed by atoms with Gasteiger partial charge in [0.2, 0.25) is 0 Å². The summed E-state index contributed by atoms with van der Waals surface area (Å²) in [6.45, 7) is 7.71. The predicted octanol–water partition coefficient (Wildman–Crippen LogP) is 6.31. The summed E-state index contributed by atoms with van der Waals surface area (Å²) in [6.07, 6.45) is 1.70. The van der Waals surface area contributed by atoms with E-state index in [9.17, 15) is 14.4 Å². The zero-order chi connectivity index (χ0) is 26.7. The van der Waals surface area contributed by atoms with Crippen molar-refractivity contribution in [3.8, 4) is 11.4 Å². The first-order chi connectivity index (χ1) is 17.7. The van der Waals surface area contributed by atoms with Gasteiger partial charge in [-0.1, -0.05) is 23.7 Å². The summed E-state index contributed by atoms with van der Waals surface area (Å²) in [7, 11) is 0. The summed E-state index contributed by atoms with van der Waals surface area (Å²) in [5.74, 6) is -0.363. The van der Waals surface area contributed by atoms with Gasteiger partial charge < -0.3 is 14.0 Å². The monoisotopic (exact) mass is 538 g/mol. The summed E-state index contributed by atoms with van der Waals surface area (Å²) in [5.41, 5.74) is 4.67. The standard InChI is InChI=1S/C28H27ClN2O5S/c1-5-35-27(33)19(4)31-26(32)25(37-28(31)34)15-21-14-17(2)30(18(21)3)23-10-12-24(13-11-23)36-16-20-6-8-22(29)9-7-20/h6-15,19H,5,16H2,1-4H3/b25-15+/t19-/m0/s1.